The fourth-order valence-corrected chi connectivity index (χ4v) is 2.04. The molecule has 0 bridgehead atoms. The molecule has 0 nitrogen and oxygen atoms in total. The summed E-state index contributed by atoms with van der Waals surface area (Å²) in [5.74, 6) is 1.57. The molecule has 0 N–H and O–H groups in total. The predicted molar refractivity (Wildman–Crippen MR) is 48.4 cm³/mol. The molecule has 1 saturated carbocycles. The third-order valence-electron chi connectivity index (χ3n) is 3.11. The van der Waals surface area contributed by atoms with E-state index in [0.717, 1.165) is 17.9 Å². The van der Waals surface area contributed by atoms with Gasteiger partial charge in [0, 0.05) is 0 Å². The van der Waals surface area contributed by atoms with Gasteiger partial charge in [-0.1, -0.05) is 18.6 Å². The highest BCUT2D eigenvalue weighted by molar-refractivity contribution is 5.35. The van der Waals surface area contributed by atoms with Gasteiger partial charge in [0.25, 0.3) is 0 Å². The molecular formula is C11H15F. The fraction of sp³-hybridized carbons (Fsp3) is 0.636. The van der Waals surface area contributed by atoms with E-state index in [2.05, 4.69) is 13.0 Å². The summed E-state index contributed by atoms with van der Waals surface area (Å²) in [6, 6.07) is 0. The van der Waals surface area contributed by atoms with Gasteiger partial charge >= 0.3 is 0 Å². The van der Waals surface area contributed by atoms with Crippen molar-refractivity contribution in [3.63, 3.8) is 0 Å². The van der Waals surface area contributed by atoms with Gasteiger partial charge in [0.1, 0.15) is 5.83 Å². The summed E-state index contributed by atoms with van der Waals surface area (Å²) in [7, 11) is 0. The van der Waals surface area contributed by atoms with Crippen LogP contribution in [0.3, 0.4) is 0 Å². The minimum Gasteiger partial charge on any atom is -0.212 e. The molecule has 1 fully saturated rings. The molecule has 1 heteroatoms. The Bertz CT molecular complexity index is 260. The van der Waals surface area contributed by atoms with E-state index < -0.39 is 0 Å². The summed E-state index contributed by atoms with van der Waals surface area (Å²) >= 11 is 0. The molecule has 0 radical (unpaired) electrons. The zero-order valence-corrected chi connectivity index (χ0v) is 7.73. The van der Waals surface area contributed by atoms with Gasteiger partial charge in [-0.05, 0) is 43.6 Å². The van der Waals surface area contributed by atoms with E-state index in [-0.39, 0.29) is 5.83 Å². The first kappa shape index (κ1) is 8.03. The van der Waals surface area contributed by atoms with Crippen LogP contribution in [0.15, 0.2) is 23.0 Å². The molecule has 0 aromatic rings. The van der Waals surface area contributed by atoms with Crippen molar-refractivity contribution in [2.75, 3.05) is 0 Å². The fourth-order valence-electron chi connectivity index (χ4n) is 2.04. The van der Waals surface area contributed by atoms with Crippen molar-refractivity contribution >= 4 is 0 Å². The van der Waals surface area contributed by atoms with Crippen LogP contribution in [0.25, 0.3) is 0 Å². The molecular weight excluding hydrogens is 151 g/mol. The predicted octanol–water partition coefficient (Wildman–Crippen LogP) is 3.61. The third kappa shape index (κ3) is 1.33. The first-order valence-electron chi connectivity index (χ1n) is 4.74. The standard InChI is InChI=1S/C11H15F/c1-7-3-4-11(12)8(2)5-9-6-10(7)9/h5,7,10H,3-4,6H2,1-2H3/b9-5-,11-8+. The molecule has 66 valence electrons. The van der Waals surface area contributed by atoms with Gasteiger partial charge in [-0.2, -0.15) is 0 Å². The topological polar surface area (TPSA) is 0 Å². The highest BCUT2D eigenvalue weighted by atomic mass is 19.1. The Kier molecular flexibility index (Phi) is 1.82. The van der Waals surface area contributed by atoms with Crippen LogP contribution >= 0.6 is 0 Å². The van der Waals surface area contributed by atoms with Crippen LogP contribution in [0.5, 0.6) is 0 Å². The highest BCUT2D eigenvalue weighted by Crippen LogP contribution is 2.47. The summed E-state index contributed by atoms with van der Waals surface area (Å²) in [6.45, 7) is 4.12. The van der Waals surface area contributed by atoms with Crippen molar-refractivity contribution in [1.29, 1.82) is 0 Å². The summed E-state index contributed by atoms with van der Waals surface area (Å²) < 4.78 is 13.2. The summed E-state index contributed by atoms with van der Waals surface area (Å²) in [5, 5.41) is 0. The van der Waals surface area contributed by atoms with Crippen LogP contribution in [0.1, 0.15) is 33.1 Å². The van der Waals surface area contributed by atoms with Crippen molar-refractivity contribution in [3.8, 4) is 0 Å². The lowest BCUT2D eigenvalue weighted by Gasteiger charge is -2.11. The van der Waals surface area contributed by atoms with Gasteiger partial charge in [-0.15, -0.1) is 0 Å². The maximum absolute atomic E-state index is 13.2. The van der Waals surface area contributed by atoms with Gasteiger partial charge in [0.05, 0.1) is 0 Å². The number of hydrogen-bond donors (Lipinski definition) is 0. The molecule has 2 rings (SSSR count). The first-order chi connectivity index (χ1) is 5.68. The third-order valence-corrected chi connectivity index (χ3v) is 3.11. The van der Waals surface area contributed by atoms with Crippen LogP contribution in [0, 0.1) is 11.8 Å². The molecule has 0 amide bonds. The minimum atomic E-state index is 0.0969. The van der Waals surface area contributed by atoms with Crippen LogP contribution in [0.4, 0.5) is 4.39 Å². The molecule has 0 aliphatic heterocycles. The van der Waals surface area contributed by atoms with Crippen molar-refractivity contribution in [1.82, 2.24) is 0 Å². The molecule has 0 spiro atoms. The minimum absolute atomic E-state index is 0.0969. The molecule has 2 unspecified atom stereocenters. The molecule has 2 aliphatic rings. The SMILES string of the molecule is CC1=C(\F)CCC(C)C2C\C2=C\1. The van der Waals surface area contributed by atoms with Gasteiger partial charge in [-0.25, -0.2) is 4.39 Å². The Morgan fingerprint density at radius 2 is 2.25 bits per heavy atom. The molecule has 0 saturated heterocycles. The number of hydrogen-bond acceptors (Lipinski definition) is 0. The van der Waals surface area contributed by atoms with E-state index in [1.54, 1.807) is 0 Å². The number of rotatable bonds is 0. The van der Waals surface area contributed by atoms with E-state index in [1.807, 2.05) is 6.92 Å². The Morgan fingerprint density at radius 1 is 1.50 bits per heavy atom. The zero-order valence-electron chi connectivity index (χ0n) is 7.73. The smallest absolute Gasteiger partial charge is 0.103 e. The van der Waals surface area contributed by atoms with Crippen LogP contribution in [-0.2, 0) is 0 Å². The van der Waals surface area contributed by atoms with E-state index >= 15 is 0 Å². The molecule has 2 aliphatic carbocycles. The molecule has 2 atom stereocenters. The van der Waals surface area contributed by atoms with E-state index in [0.29, 0.717) is 12.3 Å². The van der Waals surface area contributed by atoms with E-state index in [9.17, 15) is 4.39 Å². The van der Waals surface area contributed by atoms with Crippen molar-refractivity contribution in [2.24, 2.45) is 11.8 Å². The molecule has 0 heterocycles. The monoisotopic (exact) mass is 166 g/mol. The van der Waals surface area contributed by atoms with E-state index in [1.165, 1.54) is 12.0 Å². The second-order valence-corrected chi connectivity index (χ2v) is 4.13. The number of allylic oxidation sites excluding steroid dienone is 4. The lowest BCUT2D eigenvalue weighted by atomic mass is 9.96. The average molecular weight is 166 g/mol. The van der Waals surface area contributed by atoms with Crippen LogP contribution in [0.2, 0.25) is 0 Å². The second kappa shape index (κ2) is 2.72. The quantitative estimate of drug-likeness (QED) is 0.515. The summed E-state index contributed by atoms with van der Waals surface area (Å²) in [6.07, 6.45) is 4.93. The second-order valence-electron chi connectivity index (χ2n) is 4.13. The molecule has 12 heavy (non-hydrogen) atoms. The number of fused-ring (bicyclic) bond motifs is 1. The Hall–Kier alpha value is -0.590. The summed E-state index contributed by atoms with van der Waals surface area (Å²) in [4.78, 5) is 0. The lowest BCUT2D eigenvalue weighted by molar-refractivity contribution is 0.446. The Balaban J connectivity index is 2.24. The van der Waals surface area contributed by atoms with Crippen LogP contribution < -0.4 is 0 Å². The Labute approximate surface area is 73.2 Å². The van der Waals surface area contributed by atoms with E-state index in [4.69, 9.17) is 0 Å². The Morgan fingerprint density at radius 3 is 3.00 bits per heavy atom. The first-order valence-corrected chi connectivity index (χ1v) is 4.74. The summed E-state index contributed by atoms with van der Waals surface area (Å²) in [5.41, 5.74) is 2.33. The normalized spacial score (nSPS) is 45.4. The molecule has 0 aromatic carbocycles. The number of halogens is 1. The lowest BCUT2D eigenvalue weighted by Crippen LogP contribution is -1.99. The van der Waals surface area contributed by atoms with Gasteiger partial charge in [0.2, 0.25) is 0 Å². The van der Waals surface area contributed by atoms with Crippen molar-refractivity contribution in [2.45, 2.75) is 33.1 Å². The highest BCUT2D eigenvalue weighted by Gasteiger charge is 2.35. The van der Waals surface area contributed by atoms with Crippen molar-refractivity contribution < 1.29 is 4.39 Å². The zero-order chi connectivity index (χ0) is 8.72. The largest absolute Gasteiger partial charge is 0.212 e. The van der Waals surface area contributed by atoms with Crippen LogP contribution in [-0.4, -0.2) is 0 Å². The van der Waals surface area contributed by atoms with Gasteiger partial charge < -0.3 is 0 Å². The van der Waals surface area contributed by atoms with Crippen molar-refractivity contribution in [3.05, 3.63) is 23.0 Å². The maximum atomic E-state index is 13.2. The maximum Gasteiger partial charge on any atom is 0.103 e. The van der Waals surface area contributed by atoms with Gasteiger partial charge in [-0.3, -0.25) is 0 Å². The van der Waals surface area contributed by atoms with Gasteiger partial charge in [0.15, 0.2) is 0 Å². The average Bonchev–Trinajstić information content (AvgIpc) is 2.77. The molecule has 0 aromatic heterocycles.